The SMILES string of the molecule is COc1cccc(C(CNC(=O)Nc2ccc3ccccc3c2)N(C)C)c1. The third-order valence-electron chi connectivity index (χ3n) is 4.57. The average Bonchev–Trinajstić information content (AvgIpc) is 2.68. The molecule has 0 aliphatic heterocycles. The van der Waals surface area contributed by atoms with Crippen LogP contribution in [0.5, 0.6) is 5.75 Å². The van der Waals surface area contributed by atoms with Gasteiger partial charge in [-0.1, -0.05) is 42.5 Å². The summed E-state index contributed by atoms with van der Waals surface area (Å²) in [6.07, 6.45) is 0. The number of anilines is 1. The number of ether oxygens (including phenoxy) is 1. The van der Waals surface area contributed by atoms with Gasteiger partial charge in [0.05, 0.1) is 13.2 Å². The third-order valence-corrected chi connectivity index (χ3v) is 4.57. The Hall–Kier alpha value is -3.05. The second kappa shape index (κ2) is 8.56. The fraction of sp³-hybridized carbons (Fsp3) is 0.227. The fourth-order valence-corrected chi connectivity index (χ4v) is 3.08. The van der Waals surface area contributed by atoms with Crippen LogP contribution in [0.25, 0.3) is 10.8 Å². The molecule has 5 nitrogen and oxygen atoms in total. The quantitative estimate of drug-likeness (QED) is 0.687. The predicted octanol–water partition coefficient (Wildman–Crippen LogP) is 4.27. The zero-order valence-electron chi connectivity index (χ0n) is 15.9. The normalized spacial score (nSPS) is 12.0. The molecule has 0 fully saturated rings. The van der Waals surface area contributed by atoms with E-state index in [-0.39, 0.29) is 12.1 Å². The number of benzene rings is 3. The van der Waals surface area contributed by atoms with Gasteiger partial charge in [-0.15, -0.1) is 0 Å². The van der Waals surface area contributed by atoms with Gasteiger partial charge in [0.15, 0.2) is 0 Å². The molecule has 0 aromatic heterocycles. The van der Waals surface area contributed by atoms with E-state index in [1.807, 2.05) is 74.8 Å². The Morgan fingerprint density at radius 2 is 1.78 bits per heavy atom. The van der Waals surface area contributed by atoms with Crippen LogP contribution in [0.4, 0.5) is 10.5 Å². The van der Waals surface area contributed by atoms with Crippen LogP contribution in [-0.4, -0.2) is 38.7 Å². The number of hydrogen-bond donors (Lipinski definition) is 2. The van der Waals surface area contributed by atoms with Crippen molar-refractivity contribution in [2.24, 2.45) is 0 Å². The number of carbonyl (C=O) groups excluding carboxylic acids is 1. The summed E-state index contributed by atoms with van der Waals surface area (Å²) in [5, 5.41) is 8.12. The molecule has 3 rings (SSSR count). The first-order chi connectivity index (χ1) is 13.1. The van der Waals surface area contributed by atoms with Gasteiger partial charge in [-0.2, -0.15) is 0 Å². The molecular formula is C22H25N3O2. The molecule has 2 amide bonds. The highest BCUT2D eigenvalue weighted by Gasteiger charge is 2.16. The maximum atomic E-state index is 12.4. The second-order valence-electron chi connectivity index (χ2n) is 6.65. The molecule has 0 radical (unpaired) electrons. The molecule has 27 heavy (non-hydrogen) atoms. The van der Waals surface area contributed by atoms with Crippen molar-refractivity contribution in [2.45, 2.75) is 6.04 Å². The largest absolute Gasteiger partial charge is 0.497 e. The number of methoxy groups -OCH3 is 1. The lowest BCUT2D eigenvalue weighted by molar-refractivity contribution is 0.243. The molecule has 3 aromatic rings. The summed E-state index contributed by atoms with van der Waals surface area (Å²) in [6.45, 7) is 0.486. The topological polar surface area (TPSA) is 53.6 Å². The van der Waals surface area contributed by atoms with Crippen molar-refractivity contribution >= 4 is 22.5 Å². The molecule has 0 aliphatic carbocycles. The van der Waals surface area contributed by atoms with E-state index >= 15 is 0 Å². The molecule has 2 N–H and O–H groups in total. The number of nitrogens with zero attached hydrogens (tertiary/aromatic N) is 1. The van der Waals surface area contributed by atoms with Gasteiger partial charge in [0.1, 0.15) is 5.75 Å². The van der Waals surface area contributed by atoms with Crippen molar-refractivity contribution < 1.29 is 9.53 Å². The minimum atomic E-state index is -0.222. The lowest BCUT2D eigenvalue weighted by atomic mass is 10.1. The smallest absolute Gasteiger partial charge is 0.319 e. The highest BCUT2D eigenvalue weighted by atomic mass is 16.5. The molecular weight excluding hydrogens is 338 g/mol. The molecule has 0 saturated carbocycles. The van der Waals surface area contributed by atoms with Crippen molar-refractivity contribution in [3.8, 4) is 5.75 Å². The van der Waals surface area contributed by atoms with Gasteiger partial charge >= 0.3 is 6.03 Å². The van der Waals surface area contributed by atoms with E-state index in [0.717, 1.165) is 27.8 Å². The van der Waals surface area contributed by atoms with E-state index in [4.69, 9.17) is 4.74 Å². The summed E-state index contributed by atoms with van der Waals surface area (Å²) in [5.74, 6) is 0.806. The molecule has 5 heteroatoms. The molecule has 0 spiro atoms. The van der Waals surface area contributed by atoms with Gasteiger partial charge in [0.2, 0.25) is 0 Å². The summed E-state index contributed by atoms with van der Waals surface area (Å²) < 4.78 is 5.31. The summed E-state index contributed by atoms with van der Waals surface area (Å²) in [6, 6.07) is 21.7. The molecule has 0 aliphatic rings. The molecule has 1 unspecified atom stereocenters. The molecule has 1 atom stereocenters. The van der Waals surface area contributed by atoms with Crippen LogP contribution in [0.3, 0.4) is 0 Å². The number of hydrogen-bond acceptors (Lipinski definition) is 3. The van der Waals surface area contributed by atoms with Gasteiger partial charge in [-0.25, -0.2) is 4.79 Å². The molecule has 0 bridgehead atoms. The predicted molar refractivity (Wildman–Crippen MR) is 110 cm³/mol. The Morgan fingerprint density at radius 1 is 1.00 bits per heavy atom. The van der Waals surface area contributed by atoms with Gasteiger partial charge in [-0.05, 0) is 54.7 Å². The van der Waals surface area contributed by atoms with Crippen molar-refractivity contribution in [1.29, 1.82) is 0 Å². The van der Waals surface area contributed by atoms with Crippen molar-refractivity contribution in [3.63, 3.8) is 0 Å². The Bertz CT molecular complexity index is 924. The number of carbonyl (C=O) groups is 1. The van der Waals surface area contributed by atoms with E-state index < -0.39 is 0 Å². The Labute approximate surface area is 159 Å². The van der Waals surface area contributed by atoms with Gasteiger partial charge in [0, 0.05) is 12.2 Å². The number of rotatable bonds is 6. The minimum absolute atomic E-state index is 0.0439. The average molecular weight is 363 g/mol. The lowest BCUT2D eigenvalue weighted by Crippen LogP contribution is -2.36. The molecule has 140 valence electrons. The Kier molecular flexibility index (Phi) is 5.94. The number of nitrogens with one attached hydrogen (secondary N) is 2. The van der Waals surface area contributed by atoms with Crippen LogP contribution in [0.1, 0.15) is 11.6 Å². The standard InChI is InChI=1S/C22H25N3O2/c1-25(2)21(18-9-6-10-20(14-18)27-3)15-23-22(26)24-19-12-11-16-7-4-5-8-17(16)13-19/h4-14,21H,15H2,1-3H3,(H2,23,24,26). The third kappa shape index (κ3) is 4.77. The number of likely N-dealkylation sites (N-methyl/N-ethyl adjacent to an activating group) is 1. The first-order valence-electron chi connectivity index (χ1n) is 8.91. The van der Waals surface area contributed by atoms with Crippen LogP contribution in [0, 0.1) is 0 Å². The van der Waals surface area contributed by atoms with Gasteiger partial charge < -0.3 is 20.3 Å². The van der Waals surface area contributed by atoms with E-state index in [1.165, 1.54) is 0 Å². The Morgan fingerprint density at radius 3 is 2.52 bits per heavy atom. The maximum Gasteiger partial charge on any atom is 0.319 e. The monoisotopic (exact) mass is 363 g/mol. The first kappa shape index (κ1) is 18.7. The number of fused-ring (bicyclic) bond motifs is 1. The van der Waals surface area contributed by atoms with Gasteiger partial charge in [0.25, 0.3) is 0 Å². The highest BCUT2D eigenvalue weighted by Crippen LogP contribution is 2.22. The highest BCUT2D eigenvalue weighted by molar-refractivity contribution is 5.93. The summed E-state index contributed by atoms with van der Waals surface area (Å²) >= 11 is 0. The maximum absolute atomic E-state index is 12.4. The van der Waals surface area contributed by atoms with Gasteiger partial charge in [-0.3, -0.25) is 0 Å². The van der Waals surface area contributed by atoms with E-state index in [1.54, 1.807) is 7.11 Å². The summed E-state index contributed by atoms with van der Waals surface area (Å²) in [7, 11) is 5.64. The van der Waals surface area contributed by atoms with Crippen molar-refractivity contribution in [1.82, 2.24) is 10.2 Å². The zero-order chi connectivity index (χ0) is 19.2. The van der Waals surface area contributed by atoms with E-state index in [9.17, 15) is 4.79 Å². The fourth-order valence-electron chi connectivity index (χ4n) is 3.08. The van der Waals surface area contributed by atoms with E-state index in [2.05, 4.69) is 21.6 Å². The summed E-state index contributed by atoms with van der Waals surface area (Å²) in [4.78, 5) is 14.4. The zero-order valence-corrected chi connectivity index (χ0v) is 15.9. The molecule has 3 aromatic carbocycles. The van der Waals surface area contributed by atoms with Crippen LogP contribution in [0.15, 0.2) is 66.7 Å². The van der Waals surface area contributed by atoms with Crippen LogP contribution < -0.4 is 15.4 Å². The van der Waals surface area contributed by atoms with Crippen LogP contribution >= 0.6 is 0 Å². The Balaban J connectivity index is 1.64. The second-order valence-corrected chi connectivity index (χ2v) is 6.65. The summed E-state index contributed by atoms with van der Waals surface area (Å²) in [5.41, 5.74) is 1.86. The number of urea groups is 1. The lowest BCUT2D eigenvalue weighted by Gasteiger charge is -2.25. The first-order valence-corrected chi connectivity index (χ1v) is 8.91. The number of amides is 2. The van der Waals surface area contributed by atoms with Crippen LogP contribution in [-0.2, 0) is 0 Å². The molecule has 0 heterocycles. The molecule has 0 saturated heterocycles. The van der Waals surface area contributed by atoms with Crippen molar-refractivity contribution in [2.75, 3.05) is 33.1 Å². The van der Waals surface area contributed by atoms with Crippen molar-refractivity contribution in [3.05, 3.63) is 72.3 Å². The minimum Gasteiger partial charge on any atom is -0.497 e. The van der Waals surface area contributed by atoms with E-state index in [0.29, 0.717) is 6.54 Å². The van der Waals surface area contributed by atoms with Crippen LogP contribution in [0.2, 0.25) is 0 Å².